The third-order valence-electron chi connectivity index (χ3n) is 6.72. The average molecular weight is 530 g/mol. The molecule has 1 spiro atoms. The molecule has 8 heteroatoms. The summed E-state index contributed by atoms with van der Waals surface area (Å²) in [5, 5.41) is 3.40. The molecule has 2 heterocycles. The molecule has 180 valence electrons. The monoisotopic (exact) mass is 529 g/mol. The summed E-state index contributed by atoms with van der Waals surface area (Å²) >= 11 is 3.49. The van der Waals surface area contributed by atoms with Crippen molar-refractivity contribution < 1.29 is 28.6 Å². The molecule has 2 aliphatic rings. The van der Waals surface area contributed by atoms with Gasteiger partial charge in [-0.25, -0.2) is 0 Å². The lowest BCUT2D eigenvalue weighted by Gasteiger charge is -2.37. The second-order valence-electron chi connectivity index (χ2n) is 8.64. The Bertz CT molecular complexity index is 1080. The second kappa shape index (κ2) is 9.50. The number of carbonyl (C=O) groups excluding carboxylic acids is 3. The fourth-order valence-electron chi connectivity index (χ4n) is 5.33. The lowest BCUT2D eigenvalue weighted by atomic mass is 9.62. The molecular formula is C26H28BrNO6. The first kappa shape index (κ1) is 24.4. The Hall–Kier alpha value is -2.71. The van der Waals surface area contributed by atoms with E-state index in [1.165, 1.54) is 0 Å². The van der Waals surface area contributed by atoms with Crippen molar-refractivity contribution in [2.45, 2.75) is 44.7 Å². The fourth-order valence-corrected chi connectivity index (χ4v) is 5.75. The molecule has 2 aromatic carbocycles. The maximum Gasteiger partial charge on any atom is 0.327 e. The third-order valence-corrected chi connectivity index (χ3v) is 7.21. The quantitative estimate of drug-likeness (QED) is 0.343. The van der Waals surface area contributed by atoms with Crippen molar-refractivity contribution in [1.82, 2.24) is 5.32 Å². The van der Waals surface area contributed by atoms with Crippen molar-refractivity contribution in [2.24, 2.45) is 5.41 Å². The smallest absolute Gasteiger partial charge is 0.327 e. The molecule has 2 saturated heterocycles. The molecule has 0 amide bonds. The van der Waals surface area contributed by atoms with E-state index in [2.05, 4.69) is 21.2 Å². The van der Waals surface area contributed by atoms with E-state index in [0.29, 0.717) is 17.5 Å². The van der Waals surface area contributed by atoms with E-state index in [1.54, 1.807) is 13.8 Å². The van der Waals surface area contributed by atoms with E-state index in [0.717, 1.165) is 10.0 Å². The van der Waals surface area contributed by atoms with E-state index >= 15 is 0 Å². The van der Waals surface area contributed by atoms with Gasteiger partial charge >= 0.3 is 17.9 Å². The van der Waals surface area contributed by atoms with Crippen LogP contribution < -0.4 is 5.32 Å². The Labute approximate surface area is 207 Å². The lowest BCUT2D eigenvalue weighted by molar-refractivity contribution is -0.175. The number of hydrogen-bond donors (Lipinski definition) is 1. The number of ether oxygens (including phenoxy) is 3. The van der Waals surface area contributed by atoms with E-state index in [4.69, 9.17) is 14.2 Å². The number of hydrogen-bond acceptors (Lipinski definition) is 7. The summed E-state index contributed by atoms with van der Waals surface area (Å²) in [7, 11) is 0. The van der Waals surface area contributed by atoms with Crippen LogP contribution in [0.4, 0.5) is 0 Å². The van der Waals surface area contributed by atoms with Gasteiger partial charge in [0.1, 0.15) is 5.54 Å². The molecule has 0 aromatic heterocycles. The third kappa shape index (κ3) is 3.73. The summed E-state index contributed by atoms with van der Waals surface area (Å²) in [5.74, 6) is -2.87. The highest BCUT2D eigenvalue weighted by Gasteiger charge is 2.75. The van der Waals surface area contributed by atoms with Crippen LogP contribution in [0.15, 0.2) is 53.0 Å². The minimum Gasteiger partial charge on any atom is -0.465 e. The molecule has 0 saturated carbocycles. The molecule has 7 nitrogen and oxygen atoms in total. The van der Waals surface area contributed by atoms with E-state index in [9.17, 15) is 14.4 Å². The van der Waals surface area contributed by atoms with Crippen molar-refractivity contribution in [1.29, 1.82) is 0 Å². The minimum atomic E-state index is -1.86. The van der Waals surface area contributed by atoms with Gasteiger partial charge in [0.2, 0.25) is 0 Å². The van der Waals surface area contributed by atoms with E-state index < -0.39 is 40.8 Å². The first-order valence-electron chi connectivity index (χ1n) is 11.4. The summed E-state index contributed by atoms with van der Waals surface area (Å²) in [4.78, 5) is 41.2. The Balaban J connectivity index is 2.06. The van der Waals surface area contributed by atoms with Gasteiger partial charge in [0.25, 0.3) is 0 Å². The molecule has 2 aliphatic heterocycles. The fraction of sp³-hybridized carbons (Fsp3) is 0.423. The van der Waals surface area contributed by atoms with Crippen LogP contribution in [0.25, 0.3) is 0 Å². The van der Waals surface area contributed by atoms with Crippen molar-refractivity contribution in [3.05, 3.63) is 69.7 Å². The zero-order valence-corrected chi connectivity index (χ0v) is 21.0. The highest BCUT2D eigenvalue weighted by Crippen LogP contribution is 2.61. The van der Waals surface area contributed by atoms with Gasteiger partial charge in [0.15, 0.2) is 5.41 Å². The first-order valence-corrected chi connectivity index (χ1v) is 12.2. The van der Waals surface area contributed by atoms with Gasteiger partial charge in [0.05, 0.1) is 25.9 Å². The maximum absolute atomic E-state index is 13.9. The average Bonchev–Trinajstić information content (AvgIpc) is 3.33. The number of benzene rings is 2. The van der Waals surface area contributed by atoms with Crippen LogP contribution in [-0.4, -0.2) is 43.3 Å². The summed E-state index contributed by atoms with van der Waals surface area (Å²) in [5.41, 5.74) is -0.820. The number of carbonyl (C=O) groups is 3. The number of esters is 3. The van der Waals surface area contributed by atoms with Crippen LogP contribution in [0.3, 0.4) is 0 Å². The van der Waals surface area contributed by atoms with Crippen LogP contribution in [0.5, 0.6) is 0 Å². The molecule has 1 unspecified atom stereocenters. The molecule has 3 atom stereocenters. The van der Waals surface area contributed by atoms with Crippen LogP contribution in [-0.2, 0) is 28.6 Å². The summed E-state index contributed by atoms with van der Waals surface area (Å²) < 4.78 is 17.3. The van der Waals surface area contributed by atoms with Crippen molar-refractivity contribution >= 4 is 33.8 Å². The van der Waals surface area contributed by atoms with Gasteiger partial charge in [0, 0.05) is 16.8 Å². The predicted molar refractivity (Wildman–Crippen MR) is 128 cm³/mol. The molecule has 0 aliphatic carbocycles. The van der Waals surface area contributed by atoms with E-state index in [-0.39, 0.29) is 19.8 Å². The Morgan fingerprint density at radius 3 is 2.24 bits per heavy atom. The molecular weight excluding hydrogens is 502 g/mol. The van der Waals surface area contributed by atoms with Crippen LogP contribution in [0.2, 0.25) is 0 Å². The van der Waals surface area contributed by atoms with Gasteiger partial charge in [-0.2, -0.15) is 0 Å². The standard InChI is InChI=1S/C26H28BrNO6/c1-4-32-23(30)26(24(31)33-5-2)20(18-7-6-8-19(27)15-18)25(13-14-34-22(25)29)28-21(26)17-11-9-16(3)10-12-17/h6-12,15,20-21,28H,4-5,13-14H2,1-3H3/t20?,21-,25-/m1/s1. The van der Waals surface area contributed by atoms with Crippen LogP contribution in [0.1, 0.15) is 48.9 Å². The Morgan fingerprint density at radius 1 is 1.06 bits per heavy atom. The largest absolute Gasteiger partial charge is 0.465 e. The number of halogens is 1. The van der Waals surface area contributed by atoms with E-state index in [1.807, 2.05) is 55.5 Å². The second-order valence-corrected chi connectivity index (χ2v) is 9.56. The molecule has 1 N–H and O–H groups in total. The highest BCUT2D eigenvalue weighted by molar-refractivity contribution is 9.10. The number of cyclic esters (lactones) is 1. The maximum atomic E-state index is 13.9. The predicted octanol–water partition coefficient (Wildman–Crippen LogP) is 3.98. The van der Waals surface area contributed by atoms with Crippen LogP contribution >= 0.6 is 15.9 Å². The number of nitrogens with one attached hydrogen (secondary N) is 1. The molecule has 0 bridgehead atoms. The lowest BCUT2D eigenvalue weighted by Crippen LogP contribution is -2.52. The topological polar surface area (TPSA) is 90.9 Å². The van der Waals surface area contributed by atoms with Crippen LogP contribution in [0, 0.1) is 12.3 Å². The molecule has 2 fully saturated rings. The summed E-state index contributed by atoms with van der Waals surface area (Å²) in [6.07, 6.45) is 0.298. The number of rotatable bonds is 6. The summed E-state index contributed by atoms with van der Waals surface area (Å²) in [6.45, 7) is 5.66. The first-order chi connectivity index (χ1) is 16.3. The van der Waals surface area contributed by atoms with Crippen molar-refractivity contribution in [2.75, 3.05) is 19.8 Å². The zero-order chi connectivity index (χ0) is 24.5. The zero-order valence-electron chi connectivity index (χ0n) is 19.4. The minimum absolute atomic E-state index is 0.0727. The van der Waals surface area contributed by atoms with Gasteiger partial charge in [-0.15, -0.1) is 0 Å². The van der Waals surface area contributed by atoms with Crippen molar-refractivity contribution in [3.63, 3.8) is 0 Å². The molecule has 2 aromatic rings. The van der Waals surface area contributed by atoms with Gasteiger partial charge in [-0.05, 0) is 44.0 Å². The highest BCUT2D eigenvalue weighted by atomic mass is 79.9. The van der Waals surface area contributed by atoms with Gasteiger partial charge in [-0.3, -0.25) is 19.7 Å². The van der Waals surface area contributed by atoms with Crippen molar-refractivity contribution in [3.8, 4) is 0 Å². The Kier molecular flexibility index (Phi) is 6.82. The SMILES string of the molecule is CCOC(=O)C1(C(=O)OCC)C(c2cccc(Br)c2)[C@@]2(CCOC2=O)N[C@@H]1c1ccc(C)cc1. The van der Waals surface area contributed by atoms with Gasteiger partial charge in [-0.1, -0.05) is 57.9 Å². The molecule has 4 rings (SSSR count). The normalized spacial score (nSPS) is 25.2. The Morgan fingerprint density at radius 2 is 1.71 bits per heavy atom. The summed E-state index contributed by atoms with van der Waals surface area (Å²) in [6, 6.07) is 14.0. The number of aryl methyl sites for hydroxylation is 1. The van der Waals surface area contributed by atoms with Gasteiger partial charge < -0.3 is 14.2 Å². The molecule has 34 heavy (non-hydrogen) atoms. The molecule has 0 radical (unpaired) electrons.